The molecule has 234 valence electrons. The minimum absolute atomic E-state index is 0.0225. The number of hydrogen-bond acceptors (Lipinski definition) is 13. The number of carbonyl (C=O) groups is 6. The lowest BCUT2D eigenvalue weighted by Crippen LogP contribution is -2.92. The highest BCUT2D eigenvalue weighted by molar-refractivity contribution is 6.33. The summed E-state index contributed by atoms with van der Waals surface area (Å²) >= 11 is 0. The molecule has 2 saturated carbocycles. The van der Waals surface area contributed by atoms with Crippen LogP contribution < -0.4 is 28.3 Å². The van der Waals surface area contributed by atoms with Crippen LogP contribution in [0.25, 0.3) is 6.08 Å². The molecule has 0 spiro atoms. The zero-order valence-electron chi connectivity index (χ0n) is 24.7. The number of aromatic hydroxyl groups is 1. The van der Waals surface area contributed by atoms with Gasteiger partial charge in [-0.05, 0) is 46.5 Å². The first kappa shape index (κ1) is 32.6. The standard InChI is InChI=1S/C29H35N7O8/c1-26(2,3)35-13(37)9-7-11-6-8-12-14(17(11)38)18(39)16-23(42)27(10-30)22(41)15(24(32)43)19(40)21(36(4)5)29(27,34)25(44)28(16,33)20(12)31/h6-9,15-16,20-21,25,38,44H,31,33-34H2,1-5H3,(H2,32,43)(H,35,37)/t15?,16?,20-,21+,25-,27-,28+,29-/m0/s1. The van der Waals surface area contributed by atoms with E-state index in [0.29, 0.717) is 0 Å². The number of aliphatic hydroxyl groups excluding tert-OH is 1. The molecule has 15 heteroatoms. The van der Waals surface area contributed by atoms with Gasteiger partial charge in [0, 0.05) is 17.2 Å². The third-order valence-corrected chi connectivity index (χ3v) is 8.85. The third-order valence-electron chi connectivity index (χ3n) is 8.85. The highest BCUT2D eigenvalue weighted by Gasteiger charge is 2.83. The minimum atomic E-state index is -3.16. The van der Waals surface area contributed by atoms with Gasteiger partial charge in [-0.2, -0.15) is 5.26 Å². The number of nitrogens with one attached hydrogen (secondary N) is 1. The van der Waals surface area contributed by atoms with Gasteiger partial charge in [0.05, 0.1) is 40.9 Å². The number of hydrogen-bond donors (Lipinski definition) is 7. The van der Waals surface area contributed by atoms with Gasteiger partial charge in [-0.15, -0.1) is 0 Å². The summed E-state index contributed by atoms with van der Waals surface area (Å²) in [6.07, 6.45) is -0.0189. The first-order chi connectivity index (χ1) is 20.2. The summed E-state index contributed by atoms with van der Waals surface area (Å²) in [6, 6.07) is 0.712. The summed E-state index contributed by atoms with van der Waals surface area (Å²) in [6.45, 7) is 5.27. The molecule has 3 aliphatic rings. The summed E-state index contributed by atoms with van der Waals surface area (Å²) in [7, 11) is 2.60. The summed E-state index contributed by atoms with van der Waals surface area (Å²) in [5, 5.41) is 36.3. The van der Waals surface area contributed by atoms with Gasteiger partial charge < -0.3 is 38.5 Å². The number of fused-ring (bicyclic) bond motifs is 3. The molecule has 0 aliphatic heterocycles. The highest BCUT2D eigenvalue weighted by Crippen LogP contribution is 2.58. The average Bonchev–Trinajstić information content (AvgIpc) is 2.88. The van der Waals surface area contributed by atoms with E-state index in [1.165, 1.54) is 38.4 Å². The van der Waals surface area contributed by atoms with E-state index >= 15 is 0 Å². The van der Waals surface area contributed by atoms with Crippen LogP contribution in [0.4, 0.5) is 0 Å². The Hall–Kier alpha value is -4.33. The Kier molecular flexibility index (Phi) is 7.49. The lowest BCUT2D eigenvalue weighted by atomic mass is 9.41. The minimum Gasteiger partial charge on any atom is -0.507 e. The van der Waals surface area contributed by atoms with Crippen LogP contribution in [0.2, 0.25) is 0 Å². The van der Waals surface area contributed by atoms with Crippen molar-refractivity contribution in [3.05, 3.63) is 34.9 Å². The monoisotopic (exact) mass is 609 g/mol. The number of amides is 2. The Balaban J connectivity index is 1.97. The maximum atomic E-state index is 14.4. The number of phenols is 1. The van der Waals surface area contributed by atoms with Gasteiger partial charge >= 0.3 is 0 Å². The van der Waals surface area contributed by atoms with Crippen molar-refractivity contribution >= 4 is 41.0 Å². The molecule has 44 heavy (non-hydrogen) atoms. The molecule has 2 fully saturated rings. The molecule has 8 atom stereocenters. The molecule has 15 nitrogen and oxygen atoms in total. The fourth-order valence-electron chi connectivity index (χ4n) is 6.98. The van der Waals surface area contributed by atoms with Crippen molar-refractivity contribution in [1.29, 1.82) is 5.26 Å². The van der Waals surface area contributed by atoms with Gasteiger partial charge in [0.25, 0.3) is 0 Å². The van der Waals surface area contributed by atoms with Crippen LogP contribution in [0.15, 0.2) is 18.2 Å². The lowest BCUT2D eigenvalue weighted by molar-refractivity contribution is -0.181. The molecule has 0 saturated heterocycles. The summed E-state index contributed by atoms with van der Waals surface area (Å²) in [5.74, 6) is -12.7. The molecule has 0 aromatic heterocycles. The molecule has 2 unspecified atom stereocenters. The van der Waals surface area contributed by atoms with Crippen LogP contribution >= 0.6 is 0 Å². The van der Waals surface area contributed by atoms with Gasteiger partial charge in [0.15, 0.2) is 34.5 Å². The van der Waals surface area contributed by atoms with Crippen LogP contribution in [0, 0.1) is 28.6 Å². The topological polar surface area (TPSA) is 286 Å². The zero-order chi connectivity index (χ0) is 33.5. The number of nitrogens with two attached hydrogens (primary N) is 4. The van der Waals surface area contributed by atoms with E-state index < -0.39 is 98.3 Å². The van der Waals surface area contributed by atoms with Crippen molar-refractivity contribution in [2.75, 3.05) is 14.1 Å². The van der Waals surface area contributed by atoms with Crippen molar-refractivity contribution in [3.63, 3.8) is 0 Å². The van der Waals surface area contributed by atoms with Crippen molar-refractivity contribution < 1.29 is 39.0 Å². The van der Waals surface area contributed by atoms with Crippen LogP contribution in [0.1, 0.15) is 48.3 Å². The first-order valence-electron chi connectivity index (χ1n) is 13.6. The van der Waals surface area contributed by atoms with E-state index in [-0.39, 0.29) is 11.1 Å². The van der Waals surface area contributed by atoms with Crippen molar-refractivity contribution in [2.24, 2.45) is 40.2 Å². The number of primary amides is 1. The normalized spacial score (nSPS) is 35.2. The molecule has 2 amide bonds. The zero-order valence-corrected chi connectivity index (χ0v) is 24.7. The van der Waals surface area contributed by atoms with E-state index in [2.05, 4.69) is 5.32 Å². The highest BCUT2D eigenvalue weighted by atomic mass is 16.3. The molecule has 4 rings (SSSR count). The number of Topliss-reactive ketones (excluding diaryl/α,β-unsaturated/α-hetero) is 4. The van der Waals surface area contributed by atoms with E-state index in [1.54, 1.807) is 20.8 Å². The molecule has 1 aromatic rings. The maximum absolute atomic E-state index is 14.4. The summed E-state index contributed by atoms with van der Waals surface area (Å²) < 4.78 is 0. The number of rotatable bonds is 4. The van der Waals surface area contributed by atoms with Crippen molar-refractivity contribution in [2.45, 2.75) is 55.6 Å². The van der Waals surface area contributed by atoms with Crippen LogP contribution in [0.5, 0.6) is 5.75 Å². The number of nitrogens with zero attached hydrogens (tertiary/aromatic N) is 2. The Bertz CT molecular complexity index is 1610. The maximum Gasteiger partial charge on any atom is 0.244 e. The van der Waals surface area contributed by atoms with Crippen molar-refractivity contribution in [1.82, 2.24) is 10.2 Å². The SMILES string of the molecule is CN(C)[C@@H]1C(=O)C(C(N)=O)C(=O)[C@@]2(C#N)C(=O)C3C(=O)c4c(ccc(C=CC(=O)NC(C)(C)C)c4O)[C@H](N)[C@@]3(N)[C@H](O)[C@@]12N. The fraction of sp³-hybridized carbons (Fsp3) is 0.483. The number of carbonyl (C=O) groups excluding carboxylic acids is 6. The van der Waals surface area contributed by atoms with E-state index in [1.807, 2.05) is 0 Å². The number of aliphatic hydroxyl groups is 1. The number of nitriles is 1. The molecule has 0 heterocycles. The van der Waals surface area contributed by atoms with E-state index in [4.69, 9.17) is 22.9 Å². The molecule has 0 bridgehead atoms. The lowest BCUT2D eigenvalue weighted by Gasteiger charge is -2.64. The van der Waals surface area contributed by atoms with Crippen LogP contribution in [-0.2, 0) is 24.0 Å². The second kappa shape index (κ2) is 10.1. The second-order valence-corrected chi connectivity index (χ2v) is 12.8. The molecular weight excluding hydrogens is 574 g/mol. The Morgan fingerprint density at radius 3 is 2.20 bits per heavy atom. The van der Waals surface area contributed by atoms with Gasteiger partial charge in [0.2, 0.25) is 11.8 Å². The van der Waals surface area contributed by atoms with E-state index in [9.17, 15) is 44.2 Å². The predicted octanol–water partition coefficient (Wildman–Crippen LogP) is -2.84. The Morgan fingerprint density at radius 2 is 1.70 bits per heavy atom. The summed E-state index contributed by atoms with van der Waals surface area (Å²) in [5.41, 5.74) is 15.5. The van der Waals surface area contributed by atoms with Crippen LogP contribution in [0.3, 0.4) is 0 Å². The first-order valence-corrected chi connectivity index (χ1v) is 13.6. The predicted molar refractivity (Wildman–Crippen MR) is 153 cm³/mol. The Labute approximate surface area is 252 Å². The Morgan fingerprint density at radius 1 is 1.11 bits per heavy atom. The summed E-state index contributed by atoms with van der Waals surface area (Å²) in [4.78, 5) is 81.6. The largest absolute Gasteiger partial charge is 0.507 e. The average molecular weight is 610 g/mol. The smallest absolute Gasteiger partial charge is 0.244 e. The number of ketones is 4. The van der Waals surface area contributed by atoms with Crippen LogP contribution in [-0.4, -0.2) is 92.9 Å². The number of benzene rings is 1. The quantitative estimate of drug-likeness (QED) is 0.134. The number of phenolic OH excluding ortho intramolecular Hbond substituents is 1. The third kappa shape index (κ3) is 3.99. The van der Waals surface area contributed by atoms with Crippen molar-refractivity contribution in [3.8, 4) is 11.8 Å². The van der Waals surface area contributed by atoms with E-state index in [0.717, 1.165) is 11.0 Å². The molecular formula is C29H35N7O8. The fourth-order valence-corrected chi connectivity index (χ4v) is 6.98. The second-order valence-electron chi connectivity index (χ2n) is 12.8. The van der Waals surface area contributed by atoms with Gasteiger partial charge in [-0.3, -0.25) is 33.7 Å². The van der Waals surface area contributed by atoms with Gasteiger partial charge in [-0.1, -0.05) is 12.1 Å². The number of likely N-dealkylation sites (N-methyl/N-ethyl adjacent to an activating group) is 1. The van der Waals surface area contributed by atoms with Gasteiger partial charge in [0.1, 0.15) is 11.7 Å². The molecule has 3 aliphatic carbocycles. The molecule has 0 radical (unpaired) electrons. The van der Waals surface area contributed by atoms with Gasteiger partial charge in [-0.25, -0.2) is 0 Å². The molecule has 11 N–H and O–H groups in total. The molecule has 1 aromatic carbocycles.